The minimum atomic E-state index is -1.28. The van der Waals surface area contributed by atoms with E-state index in [4.69, 9.17) is 4.74 Å². The van der Waals surface area contributed by atoms with Crippen LogP contribution in [0.5, 0.6) is 0 Å². The Hall–Kier alpha value is -2.28. The Morgan fingerprint density at radius 1 is 1.36 bits per heavy atom. The fourth-order valence-corrected chi connectivity index (χ4v) is 3.01. The molecule has 1 aliphatic rings. The summed E-state index contributed by atoms with van der Waals surface area (Å²) in [7, 11) is 0. The third-order valence-corrected chi connectivity index (χ3v) is 4.44. The molecule has 1 unspecified atom stereocenters. The van der Waals surface area contributed by atoms with Gasteiger partial charge in [-0.1, -0.05) is 18.2 Å². The zero-order valence-electron chi connectivity index (χ0n) is 13.9. The van der Waals surface area contributed by atoms with Crippen molar-refractivity contribution in [1.82, 2.24) is 5.32 Å². The zero-order valence-corrected chi connectivity index (χ0v) is 13.9. The average molecular weight is 353 g/mol. The van der Waals surface area contributed by atoms with Crippen LogP contribution in [-0.4, -0.2) is 36.2 Å². The summed E-state index contributed by atoms with van der Waals surface area (Å²) < 4.78 is 32.9. The van der Waals surface area contributed by atoms with Crippen LogP contribution in [0, 0.1) is 11.6 Å². The molecule has 1 heterocycles. The van der Waals surface area contributed by atoms with Crippen LogP contribution >= 0.6 is 0 Å². The number of carboxylic acids is 1. The molecular formula is C18H21F2NO4. The molecule has 1 aromatic rings. The van der Waals surface area contributed by atoms with Gasteiger partial charge in [-0.3, -0.25) is 4.79 Å². The van der Waals surface area contributed by atoms with Gasteiger partial charge >= 0.3 is 5.97 Å². The molecule has 0 bridgehead atoms. The highest BCUT2D eigenvalue weighted by Crippen LogP contribution is 2.37. The molecular weight excluding hydrogens is 332 g/mol. The molecule has 1 aromatic carbocycles. The number of benzene rings is 1. The van der Waals surface area contributed by atoms with Crippen molar-refractivity contribution in [3.63, 3.8) is 0 Å². The lowest BCUT2D eigenvalue weighted by Crippen LogP contribution is -2.53. The Kier molecular flexibility index (Phi) is 6.25. The van der Waals surface area contributed by atoms with Gasteiger partial charge in [-0.05, 0) is 32.3 Å². The summed E-state index contributed by atoms with van der Waals surface area (Å²) in [5.74, 6) is -3.32. The molecule has 5 nitrogen and oxygen atoms in total. The van der Waals surface area contributed by atoms with Crippen molar-refractivity contribution in [2.24, 2.45) is 0 Å². The van der Waals surface area contributed by atoms with Gasteiger partial charge in [-0.15, -0.1) is 0 Å². The second-order valence-electron chi connectivity index (χ2n) is 5.99. The summed E-state index contributed by atoms with van der Waals surface area (Å²) in [5.41, 5.74) is -1.22. The summed E-state index contributed by atoms with van der Waals surface area (Å²) in [6.45, 7) is 2.21. The largest absolute Gasteiger partial charge is 0.480 e. The summed E-state index contributed by atoms with van der Waals surface area (Å²) >= 11 is 0. The van der Waals surface area contributed by atoms with Crippen molar-refractivity contribution in [3.8, 4) is 0 Å². The highest BCUT2D eigenvalue weighted by atomic mass is 19.1. The van der Waals surface area contributed by atoms with E-state index in [1.807, 2.05) is 0 Å². The van der Waals surface area contributed by atoms with E-state index in [1.54, 1.807) is 19.1 Å². The summed E-state index contributed by atoms with van der Waals surface area (Å²) in [6, 6.07) is 1.95. The van der Waals surface area contributed by atoms with Crippen LogP contribution in [0.4, 0.5) is 8.78 Å². The fraction of sp³-hybridized carbons (Fsp3) is 0.444. The quantitative estimate of drug-likeness (QED) is 0.771. The standard InChI is InChI=1S/C18H21F2NO4/c1-2-3-4-15(16(22)23)21-17(24)18(7-9-25-10-8-18)13-6-5-12(19)11-14(13)20/h2-3,5-6,11,15H,4,7-10H2,1H3,(H,21,24)(H,22,23)/b3-2+. The van der Waals surface area contributed by atoms with Gasteiger partial charge in [0.1, 0.15) is 17.7 Å². The van der Waals surface area contributed by atoms with E-state index >= 15 is 0 Å². The number of amides is 1. The second-order valence-corrected chi connectivity index (χ2v) is 5.99. The number of carboxylic acid groups (broad SMARTS) is 1. The number of carbonyl (C=O) groups excluding carboxylic acids is 1. The molecule has 2 N–H and O–H groups in total. The minimum absolute atomic E-state index is 0.0601. The topological polar surface area (TPSA) is 75.6 Å². The van der Waals surface area contributed by atoms with Gasteiger partial charge in [0.25, 0.3) is 0 Å². The van der Waals surface area contributed by atoms with Crippen LogP contribution in [0.1, 0.15) is 31.7 Å². The fourth-order valence-electron chi connectivity index (χ4n) is 3.01. The van der Waals surface area contributed by atoms with Crippen molar-refractivity contribution >= 4 is 11.9 Å². The molecule has 1 aliphatic heterocycles. The molecule has 1 atom stereocenters. The van der Waals surface area contributed by atoms with E-state index in [-0.39, 0.29) is 38.0 Å². The molecule has 0 radical (unpaired) electrons. The monoisotopic (exact) mass is 353 g/mol. The Morgan fingerprint density at radius 3 is 2.60 bits per heavy atom. The average Bonchev–Trinajstić information content (AvgIpc) is 2.58. The minimum Gasteiger partial charge on any atom is -0.480 e. The highest BCUT2D eigenvalue weighted by Gasteiger charge is 2.44. The van der Waals surface area contributed by atoms with Gasteiger partial charge in [-0.2, -0.15) is 0 Å². The lowest BCUT2D eigenvalue weighted by Gasteiger charge is -2.37. The smallest absolute Gasteiger partial charge is 0.326 e. The lowest BCUT2D eigenvalue weighted by molar-refractivity contribution is -0.143. The number of hydrogen-bond donors (Lipinski definition) is 2. The molecule has 2 rings (SSSR count). The van der Waals surface area contributed by atoms with Crippen LogP contribution in [-0.2, 0) is 19.7 Å². The van der Waals surface area contributed by atoms with Gasteiger partial charge < -0.3 is 15.2 Å². The molecule has 25 heavy (non-hydrogen) atoms. The van der Waals surface area contributed by atoms with Crippen molar-refractivity contribution in [3.05, 3.63) is 47.5 Å². The van der Waals surface area contributed by atoms with E-state index in [1.165, 1.54) is 6.07 Å². The molecule has 0 aliphatic carbocycles. The number of carbonyl (C=O) groups is 2. The van der Waals surface area contributed by atoms with Crippen LogP contribution in [0.25, 0.3) is 0 Å². The number of halogens is 2. The maximum Gasteiger partial charge on any atom is 0.326 e. The molecule has 1 saturated heterocycles. The van der Waals surface area contributed by atoms with Gasteiger partial charge in [-0.25, -0.2) is 13.6 Å². The van der Waals surface area contributed by atoms with Crippen molar-refractivity contribution in [1.29, 1.82) is 0 Å². The van der Waals surface area contributed by atoms with Crippen LogP contribution < -0.4 is 5.32 Å². The van der Waals surface area contributed by atoms with Gasteiger partial charge in [0.15, 0.2) is 0 Å². The molecule has 0 aromatic heterocycles. The number of allylic oxidation sites excluding steroid dienone is 1. The van der Waals surface area contributed by atoms with Crippen molar-refractivity contribution in [2.75, 3.05) is 13.2 Å². The molecule has 7 heteroatoms. The number of aliphatic carboxylic acids is 1. The van der Waals surface area contributed by atoms with E-state index in [0.29, 0.717) is 0 Å². The SMILES string of the molecule is C/C=C/CC(NC(=O)C1(c2ccc(F)cc2F)CCOCC1)C(=O)O. The van der Waals surface area contributed by atoms with Crippen molar-refractivity contribution in [2.45, 2.75) is 37.6 Å². The third-order valence-electron chi connectivity index (χ3n) is 4.44. The summed E-state index contributed by atoms with van der Waals surface area (Å²) in [4.78, 5) is 24.3. The first-order chi connectivity index (χ1) is 11.9. The van der Waals surface area contributed by atoms with Crippen LogP contribution in [0.3, 0.4) is 0 Å². The Labute approximate surface area is 144 Å². The number of rotatable bonds is 6. The van der Waals surface area contributed by atoms with E-state index in [2.05, 4.69) is 5.32 Å². The molecule has 0 saturated carbocycles. The summed E-state index contributed by atoms with van der Waals surface area (Å²) in [5, 5.41) is 11.8. The normalized spacial score (nSPS) is 18.0. The molecule has 1 fully saturated rings. The Bertz CT molecular complexity index is 669. The first-order valence-corrected chi connectivity index (χ1v) is 8.09. The molecule has 136 valence electrons. The van der Waals surface area contributed by atoms with Gasteiger partial charge in [0, 0.05) is 24.8 Å². The molecule has 1 amide bonds. The second kappa shape index (κ2) is 8.20. The van der Waals surface area contributed by atoms with Gasteiger partial charge in [0.2, 0.25) is 5.91 Å². The van der Waals surface area contributed by atoms with Gasteiger partial charge in [0.05, 0.1) is 5.41 Å². The molecule has 0 spiro atoms. The zero-order chi connectivity index (χ0) is 18.4. The van der Waals surface area contributed by atoms with Crippen LogP contribution in [0.15, 0.2) is 30.4 Å². The van der Waals surface area contributed by atoms with E-state index < -0.39 is 35.0 Å². The predicted molar refractivity (Wildman–Crippen MR) is 87.1 cm³/mol. The third kappa shape index (κ3) is 4.22. The Morgan fingerprint density at radius 2 is 2.04 bits per heavy atom. The van der Waals surface area contributed by atoms with E-state index in [0.717, 1.165) is 12.1 Å². The maximum absolute atomic E-state index is 14.4. The summed E-state index contributed by atoms with van der Waals surface area (Å²) in [6.07, 6.45) is 3.82. The number of ether oxygens (including phenoxy) is 1. The predicted octanol–water partition coefficient (Wildman–Crippen LogP) is 2.55. The Balaban J connectivity index is 2.35. The first-order valence-electron chi connectivity index (χ1n) is 8.09. The van der Waals surface area contributed by atoms with E-state index in [9.17, 15) is 23.5 Å². The number of hydrogen-bond acceptors (Lipinski definition) is 3. The highest BCUT2D eigenvalue weighted by molar-refractivity contribution is 5.91. The number of nitrogens with one attached hydrogen (secondary N) is 1. The first kappa shape index (κ1) is 19.1. The lowest BCUT2D eigenvalue weighted by atomic mass is 9.73. The maximum atomic E-state index is 14.4. The van der Waals surface area contributed by atoms with Crippen molar-refractivity contribution < 1.29 is 28.2 Å². The van der Waals surface area contributed by atoms with Crippen LogP contribution in [0.2, 0.25) is 0 Å².